The van der Waals surface area contributed by atoms with Crippen LogP contribution in [0.4, 0.5) is 4.79 Å². The molecule has 0 saturated heterocycles. The van der Waals surface area contributed by atoms with E-state index < -0.39 is 0 Å². The van der Waals surface area contributed by atoms with E-state index in [2.05, 4.69) is 10.6 Å². The van der Waals surface area contributed by atoms with Crippen LogP contribution in [0.15, 0.2) is 30.3 Å². The second-order valence-corrected chi connectivity index (χ2v) is 4.04. The van der Waals surface area contributed by atoms with E-state index in [1.54, 1.807) is 0 Å². The van der Waals surface area contributed by atoms with Gasteiger partial charge in [0.25, 0.3) is 0 Å². The number of benzene rings is 1. The quantitative estimate of drug-likeness (QED) is 0.730. The lowest BCUT2D eigenvalue weighted by atomic mass is 10.1. The van der Waals surface area contributed by atoms with Gasteiger partial charge in [-0.25, -0.2) is 4.79 Å². The first-order chi connectivity index (χ1) is 8.17. The smallest absolute Gasteiger partial charge is 0.315 e. The minimum atomic E-state index is -0.248. The summed E-state index contributed by atoms with van der Waals surface area (Å²) in [6, 6.07) is 9.27. The third-order valence-electron chi connectivity index (χ3n) is 2.70. The molecule has 0 aliphatic carbocycles. The Bertz CT molecular complexity index is 337. The van der Waals surface area contributed by atoms with Crippen LogP contribution in [0.25, 0.3) is 0 Å². The van der Waals surface area contributed by atoms with Gasteiger partial charge in [-0.2, -0.15) is 0 Å². The van der Waals surface area contributed by atoms with Crippen molar-refractivity contribution < 1.29 is 9.90 Å². The molecule has 17 heavy (non-hydrogen) atoms. The number of carbonyl (C=O) groups excluding carboxylic acids is 1. The molecule has 0 aromatic heterocycles. The van der Waals surface area contributed by atoms with E-state index in [0.717, 1.165) is 5.56 Å². The number of rotatable bonds is 5. The van der Waals surface area contributed by atoms with Crippen LogP contribution in [-0.2, 0) is 0 Å². The van der Waals surface area contributed by atoms with Gasteiger partial charge in [-0.05, 0) is 18.9 Å². The summed E-state index contributed by atoms with van der Waals surface area (Å²) in [5.41, 5.74) is 1.06. The number of nitrogens with one attached hydrogen (secondary N) is 2. The maximum atomic E-state index is 11.6. The van der Waals surface area contributed by atoms with Crippen molar-refractivity contribution in [2.75, 3.05) is 6.61 Å². The molecule has 0 aliphatic heterocycles. The zero-order valence-corrected chi connectivity index (χ0v) is 10.3. The summed E-state index contributed by atoms with van der Waals surface area (Å²) in [4.78, 5) is 11.6. The Morgan fingerprint density at radius 2 is 1.94 bits per heavy atom. The molecule has 3 N–H and O–H groups in total. The minimum Gasteiger partial charge on any atom is -0.394 e. The number of urea groups is 1. The lowest BCUT2D eigenvalue weighted by molar-refractivity contribution is 0.212. The highest BCUT2D eigenvalue weighted by atomic mass is 16.3. The Balaban J connectivity index is 2.46. The summed E-state index contributed by atoms with van der Waals surface area (Å²) >= 11 is 0. The highest BCUT2D eigenvalue weighted by molar-refractivity contribution is 5.74. The predicted octanol–water partition coefficient (Wildman–Crippen LogP) is 1.82. The Hall–Kier alpha value is -1.55. The summed E-state index contributed by atoms with van der Waals surface area (Å²) in [6.07, 6.45) is 0.712. The lowest BCUT2D eigenvalue weighted by Crippen LogP contribution is -2.44. The van der Waals surface area contributed by atoms with Crippen LogP contribution in [-0.4, -0.2) is 23.8 Å². The van der Waals surface area contributed by atoms with Gasteiger partial charge in [0.1, 0.15) is 0 Å². The highest BCUT2D eigenvalue weighted by Crippen LogP contribution is 2.10. The van der Waals surface area contributed by atoms with Crippen molar-refractivity contribution in [3.63, 3.8) is 0 Å². The number of aliphatic hydroxyl groups excluding tert-OH is 1. The van der Waals surface area contributed by atoms with Gasteiger partial charge in [0.05, 0.1) is 18.7 Å². The van der Waals surface area contributed by atoms with Crippen LogP contribution >= 0.6 is 0 Å². The standard InChI is InChI=1S/C13H20N2O2/c1-3-12(9-16)15-13(17)14-10(2)11-7-5-4-6-8-11/h4-8,10,12,16H,3,9H2,1-2H3,(H2,14,15,17). The van der Waals surface area contributed by atoms with E-state index >= 15 is 0 Å². The van der Waals surface area contributed by atoms with Crippen LogP contribution in [0.5, 0.6) is 0 Å². The zero-order valence-electron chi connectivity index (χ0n) is 10.3. The second-order valence-electron chi connectivity index (χ2n) is 4.04. The number of aliphatic hydroxyl groups is 1. The molecule has 0 aliphatic rings. The number of carbonyl (C=O) groups is 1. The van der Waals surface area contributed by atoms with Gasteiger partial charge in [-0.3, -0.25) is 0 Å². The Labute approximate surface area is 102 Å². The molecule has 2 atom stereocenters. The Kier molecular flexibility index (Phi) is 5.49. The third kappa shape index (κ3) is 4.44. The molecule has 2 amide bonds. The van der Waals surface area contributed by atoms with Gasteiger partial charge in [-0.15, -0.1) is 0 Å². The fraction of sp³-hybridized carbons (Fsp3) is 0.462. The van der Waals surface area contributed by atoms with Crippen LogP contribution in [0.1, 0.15) is 31.9 Å². The van der Waals surface area contributed by atoms with Gasteiger partial charge in [0.15, 0.2) is 0 Å². The summed E-state index contributed by atoms with van der Waals surface area (Å²) in [7, 11) is 0. The van der Waals surface area contributed by atoms with Crippen molar-refractivity contribution in [1.29, 1.82) is 0 Å². The van der Waals surface area contributed by atoms with E-state index in [1.807, 2.05) is 44.2 Å². The third-order valence-corrected chi connectivity index (χ3v) is 2.70. The van der Waals surface area contributed by atoms with Gasteiger partial charge in [0, 0.05) is 0 Å². The molecular weight excluding hydrogens is 216 g/mol. The van der Waals surface area contributed by atoms with Crippen LogP contribution in [0.2, 0.25) is 0 Å². The van der Waals surface area contributed by atoms with E-state index in [0.29, 0.717) is 6.42 Å². The number of amides is 2. The van der Waals surface area contributed by atoms with Crippen molar-refractivity contribution >= 4 is 6.03 Å². The first kappa shape index (κ1) is 13.5. The molecule has 4 heteroatoms. The monoisotopic (exact) mass is 236 g/mol. The molecule has 0 spiro atoms. The number of hydrogen-bond donors (Lipinski definition) is 3. The molecule has 1 rings (SSSR count). The van der Waals surface area contributed by atoms with E-state index in [4.69, 9.17) is 5.11 Å². The molecule has 0 radical (unpaired) electrons. The normalized spacial score (nSPS) is 13.8. The van der Waals surface area contributed by atoms with Crippen molar-refractivity contribution in [2.45, 2.75) is 32.4 Å². The van der Waals surface area contributed by atoms with Gasteiger partial charge >= 0.3 is 6.03 Å². The van der Waals surface area contributed by atoms with Crippen LogP contribution in [0, 0.1) is 0 Å². The zero-order chi connectivity index (χ0) is 12.7. The maximum absolute atomic E-state index is 11.6. The summed E-state index contributed by atoms with van der Waals surface area (Å²) in [5, 5.41) is 14.5. The van der Waals surface area contributed by atoms with Crippen molar-refractivity contribution in [2.24, 2.45) is 0 Å². The Morgan fingerprint density at radius 3 is 2.47 bits per heavy atom. The van der Waals surface area contributed by atoms with Crippen LogP contribution < -0.4 is 10.6 Å². The topological polar surface area (TPSA) is 61.4 Å². The SMILES string of the molecule is CCC(CO)NC(=O)NC(C)c1ccccc1. The van der Waals surface area contributed by atoms with Gasteiger partial charge < -0.3 is 15.7 Å². The molecule has 0 fully saturated rings. The lowest BCUT2D eigenvalue weighted by Gasteiger charge is -2.18. The minimum absolute atomic E-state index is 0.0381. The molecule has 2 unspecified atom stereocenters. The van der Waals surface area contributed by atoms with E-state index in [1.165, 1.54) is 0 Å². The average Bonchev–Trinajstić information content (AvgIpc) is 2.37. The summed E-state index contributed by atoms with van der Waals surface area (Å²) < 4.78 is 0. The van der Waals surface area contributed by atoms with Crippen molar-refractivity contribution in [3.05, 3.63) is 35.9 Å². The average molecular weight is 236 g/mol. The molecular formula is C13H20N2O2. The largest absolute Gasteiger partial charge is 0.394 e. The molecule has 1 aromatic carbocycles. The van der Waals surface area contributed by atoms with Crippen molar-refractivity contribution in [1.82, 2.24) is 10.6 Å². The van der Waals surface area contributed by atoms with Gasteiger partial charge in [0.2, 0.25) is 0 Å². The molecule has 0 saturated carbocycles. The van der Waals surface area contributed by atoms with E-state index in [9.17, 15) is 4.79 Å². The van der Waals surface area contributed by atoms with Crippen LogP contribution in [0.3, 0.4) is 0 Å². The van der Waals surface area contributed by atoms with Gasteiger partial charge in [-0.1, -0.05) is 37.3 Å². The Morgan fingerprint density at radius 1 is 1.29 bits per heavy atom. The first-order valence-corrected chi connectivity index (χ1v) is 5.90. The highest BCUT2D eigenvalue weighted by Gasteiger charge is 2.12. The first-order valence-electron chi connectivity index (χ1n) is 5.90. The van der Waals surface area contributed by atoms with E-state index in [-0.39, 0.29) is 24.7 Å². The maximum Gasteiger partial charge on any atom is 0.315 e. The molecule has 0 heterocycles. The fourth-order valence-electron chi connectivity index (χ4n) is 1.53. The molecule has 4 nitrogen and oxygen atoms in total. The predicted molar refractivity (Wildman–Crippen MR) is 67.7 cm³/mol. The summed E-state index contributed by atoms with van der Waals surface area (Å²) in [5.74, 6) is 0. The molecule has 0 bridgehead atoms. The molecule has 1 aromatic rings. The fourth-order valence-corrected chi connectivity index (χ4v) is 1.53. The second kappa shape index (κ2) is 6.91. The summed E-state index contributed by atoms with van der Waals surface area (Å²) in [6.45, 7) is 3.81. The number of hydrogen-bond acceptors (Lipinski definition) is 2. The van der Waals surface area contributed by atoms with Crippen molar-refractivity contribution in [3.8, 4) is 0 Å². The molecule has 94 valence electrons.